The Morgan fingerprint density at radius 1 is 1.57 bits per heavy atom. The maximum Gasteiger partial charge on any atom is 0.222 e. The first-order valence-electron chi connectivity index (χ1n) is 7.31. The molecule has 1 aliphatic rings. The highest BCUT2D eigenvalue weighted by molar-refractivity contribution is 5.78. The van der Waals surface area contributed by atoms with Crippen LogP contribution in [0.5, 0.6) is 0 Å². The summed E-state index contributed by atoms with van der Waals surface area (Å²) in [6, 6.07) is 0. The molecule has 2 heterocycles. The number of nitrogens with zero attached hydrogens (tertiary/aromatic N) is 3. The van der Waals surface area contributed by atoms with Gasteiger partial charge >= 0.3 is 0 Å². The van der Waals surface area contributed by atoms with Crippen LogP contribution >= 0.6 is 0 Å². The predicted octanol–water partition coefficient (Wildman–Crippen LogP) is -0.224. The second-order valence-electron chi connectivity index (χ2n) is 5.51. The van der Waals surface area contributed by atoms with Gasteiger partial charge in [0.1, 0.15) is 5.82 Å². The Morgan fingerprint density at radius 3 is 2.95 bits per heavy atom. The quantitative estimate of drug-likeness (QED) is 0.679. The zero-order valence-electron chi connectivity index (χ0n) is 13.1. The molecule has 21 heavy (non-hydrogen) atoms. The molecule has 1 aromatic heterocycles. The van der Waals surface area contributed by atoms with Gasteiger partial charge in [0.25, 0.3) is 0 Å². The third-order valence-corrected chi connectivity index (χ3v) is 3.99. The summed E-state index contributed by atoms with van der Waals surface area (Å²) in [4.78, 5) is 13.6. The third kappa shape index (κ3) is 3.54. The fourth-order valence-corrected chi connectivity index (χ4v) is 2.86. The summed E-state index contributed by atoms with van der Waals surface area (Å²) in [5.41, 5.74) is 7.61. The van der Waals surface area contributed by atoms with Gasteiger partial charge in [0.2, 0.25) is 5.91 Å². The van der Waals surface area contributed by atoms with E-state index in [0.717, 1.165) is 37.6 Å². The zero-order valence-corrected chi connectivity index (χ0v) is 13.1. The van der Waals surface area contributed by atoms with Crippen molar-refractivity contribution in [2.75, 3.05) is 38.3 Å². The molecule has 7 heteroatoms. The van der Waals surface area contributed by atoms with E-state index in [2.05, 4.69) is 15.3 Å². The van der Waals surface area contributed by atoms with E-state index < -0.39 is 0 Å². The van der Waals surface area contributed by atoms with Gasteiger partial charge in [-0.05, 0) is 13.3 Å². The van der Waals surface area contributed by atoms with Crippen LogP contribution in [0.3, 0.4) is 0 Å². The van der Waals surface area contributed by atoms with Crippen molar-refractivity contribution in [2.24, 2.45) is 18.7 Å². The van der Waals surface area contributed by atoms with Crippen molar-refractivity contribution in [3.8, 4) is 0 Å². The summed E-state index contributed by atoms with van der Waals surface area (Å²) in [7, 11) is 3.63. The van der Waals surface area contributed by atoms with Gasteiger partial charge in [-0.25, -0.2) is 0 Å². The number of nitrogens with one attached hydrogen (secondary N) is 1. The lowest BCUT2D eigenvalue weighted by molar-refractivity contribution is -0.121. The number of carbonyl (C=O) groups excluding carboxylic acids is 1. The Labute approximate surface area is 125 Å². The summed E-state index contributed by atoms with van der Waals surface area (Å²) in [6.45, 7) is 5.77. The molecule has 1 fully saturated rings. The molecule has 1 amide bonds. The monoisotopic (exact) mass is 295 g/mol. The molecule has 1 atom stereocenters. The Kier molecular flexibility index (Phi) is 5.19. The SMILES string of the molecule is COCCNCc1c(C)nn(C)c1N1CCC(C(N)=O)C1. The molecule has 3 N–H and O–H groups in total. The van der Waals surface area contributed by atoms with E-state index in [4.69, 9.17) is 10.5 Å². The van der Waals surface area contributed by atoms with Gasteiger partial charge in [0.15, 0.2) is 0 Å². The number of amides is 1. The van der Waals surface area contributed by atoms with E-state index in [0.29, 0.717) is 13.2 Å². The van der Waals surface area contributed by atoms with Gasteiger partial charge in [-0.3, -0.25) is 9.48 Å². The molecule has 0 bridgehead atoms. The largest absolute Gasteiger partial charge is 0.383 e. The van der Waals surface area contributed by atoms with E-state index in [9.17, 15) is 4.79 Å². The fourth-order valence-electron chi connectivity index (χ4n) is 2.86. The van der Waals surface area contributed by atoms with Crippen LogP contribution in [0.15, 0.2) is 0 Å². The molecule has 2 rings (SSSR count). The van der Waals surface area contributed by atoms with E-state index in [-0.39, 0.29) is 11.8 Å². The van der Waals surface area contributed by atoms with Crippen molar-refractivity contribution in [2.45, 2.75) is 19.9 Å². The summed E-state index contributed by atoms with van der Waals surface area (Å²) in [5.74, 6) is 0.812. The molecule has 1 aliphatic heterocycles. The van der Waals surface area contributed by atoms with E-state index in [1.165, 1.54) is 5.56 Å². The lowest BCUT2D eigenvalue weighted by atomic mass is 10.1. The van der Waals surface area contributed by atoms with Crippen LogP contribution in [-0.4, -0.2) is 49.0 Å². The number of methoxy groups -OCH3 is 1. The number of aryl methyl sites for hydroxylation is 2. The summed E-state index contributed by atoms with van der Waals surface area (Å²) in [5, 5.41) is 7.87. The molecular weight excluding hydrogens is 270 g/mol. The molecule has 0 aliphatic carbocycles. The maximum absolute atomic E-state index is 11.3. The second kappa shape index (κ2) is 6.91. The number of nitrogens with two attached hydrogens (primary N) is 1. The number of hydrogen-bond acceptors (Lipinski definition) is 5. The van der Waals surface area contributed by atoms with Crippen LogP contribution in [0.25, 0.3) is 0 Å². The normalized spacial score (nSPS) is 18.4. The molecular formula is C14H25N5O2. The van der Waals surface area contributed by atoms with Crippen molar-refractivity contribution >= 4 is 11.7 Å². The molecule has 1 unspecified atom stereocenters. The van der Waals surface area contributed by atoms with Crippen molar-refractivity contribution in [3.63, 3.8) is 0 Å². The van der Waals surface area contributed by atoms with E-state index in [1.54, 1.807) is 7.11 Å². The minimum atomic E-state index is -0.212. The standard InChI is InChI=1S/C14H25N5O2/c1-10-12(8-16-5-7-21-3)14(18(2)17-10)19-6-4-11(9-19)13(15)20/h11,16H,4-9H2,1-3H3,(H2,15,20). The highest BCUT2D eigenvalue weighted by atomic mass is 16.5. The summed E-state index contributed by atoms with van der Waals surface area (Å²) < 4.78 is 6.94. The fraction of sp³-hybridized carbons (Fsp3) is 0.714. The molecule has 0 saturated carbocycles. The number of anilines is 1. The molecule has 7 nitrogen and oxygen atoms in total. The molecule has 1 saturated heterocycles. The van der Waals surface area contributed by atoms with Crippen LogP contribution in [0.4, 0.5) is 5.82 Å². The predicted molar refractivity (Wildman–Crippen MR) is 81.0 cm³/mol. The molecule has 1 aromatic rings. The average molecular weight is 295 g/mol. The molecule has 0 spiro atoms. The zero-order chi connectivity index (χ0) is 15.4. The van der Waals surface area contributed by atoms with Crippen LogP contribution in [0.1, 0.15) is 17.7 Å². The Morgan fingerprint density at radius 2 is 2.33 bits per heavy atom. The number of ether oxygens (including phenoxy) is 1. The first kappa shape index (κ1) is 15.8. The van der Waals surface area contributed by atoms with Crippen molar-refractivity contribution < 1.29 is 9.53 Å². The lowest BCUT2D eigenvalue weighted by Crippen LogP contribution is -2.29. The van der Waals surface area contributed by atoms with Crippen LogP contribution in [-0.2, 0) is 23.1 Å². The average Bonchev–Trinajstić information content (AvgIpc) is 3.00. The topological polar surface area (TPSA) is 85.4 Å². The van der Waals surface area contributed by atoms with Crippen LogP contribution in [0.2, 0.25) is 0 Å². The highest BCUT2D eigenvalue weighted by Gasteiger charge is 2.30. The summed E-state index contributed by atoms with van der Waals surface area (Å²) >= 11 is 0. The van der Waals surface area contributed by atoms with Crippen LogP contribution < -0.4 is 16.0 Å². The minimum absolute atomic E-state index is 0.0606. The maximum atomic E-state index is 11.3. The number of primary amides is 1. The Hall–Kier alpha value is -1.60. The molecule has 0 aromatic carbocycles. The Balaban J connectivity index is 2.10. The van der Waals surface area contributed by atoms with E-state index in [1.807, 2.05) is 18.7 Å². The smallest absolute Gasteiger partial charge is 0.222 e. The highest BCUT2D eigenvalue weighted by Crippen LogP contribution is 2.28. The minimum Gasteiger partial charge on any atom is -0.383 e. The van der Waals surface area contributed by atoms with Gasteiger partial charge in [0, 0.05) is 45.9 Å². The van der Waals surface area contributed by atoms with Gasteiger partial charge in [-0.15, -0.1) is 0 Å². The molecule has 0 radical (unpaired) electrons. The van der Waals surface area contributed by atoms with Crippen molar-refractivity contribution in [1.29, 1.82) is 0 Å². The molecule has 118 valence electrons. The number of rotatable bonds is 7. The Bertz CT molecular complexity index is 500. The number of carbonyl (C=O) groups is 1. The third-order valence-electron chi connectivity index (χ3n) is 3.99. The van der Waals surface area contributed by atoms with Gasteiger partial charge in [-0.2, -0.15) is 5.10 Å². The first-order chi connectivity index (χ1) is 10.0. The van der Waals surface area contributed by atoms with Gasteiger partial charge in [0.05, 0.1) is 18.2 Å². The van der Waals surface area contributed by atoms with Gasteiger partial charge in [-0.1, -0.05) is 0 Å². The van der Waals surface area contributed by atoms with Crippen molar-refractivity contribution in [3.05, 3.63) is 11.3 Å². The van der Waals surface area contributed by atoms with E-state index >= 15 is 0 Å². The number of aromatic nitrogens is 2. The van der Waals surface area contributed by atoms with Gasteiger partial charge < -0.3 is 20.7 Å². The van der Waals surface area contributed by atoms with Crippen LogP contribution in [0, 0.1) is 12.8 Å². The number of hydrogen-bond donors (Lipinski definition) is 2. The van der Waals surface area contributed by atoms with Crippen molar-refractivity contribution in [1.82, 2.24) is 15.1 Å². The summed E-state index contributed by atoms with van der Waals surface area (Å²) in [6.07, 6.45) is 0.816. The second-order valence-corrected chi connectivity index (χ2v) is 5.51. The lowest BCUT2D eigenvalue weighted by Gasteiger charge is -2.20. The first-order valence-corrected chi connectivity index (χ1v) is 7.31.